The number of hydrogen-bond acceptors (Lipinski definition) is 13. The number of aromatic amines is 1. The average Bonchev–Trinajstić information content (AvgIpc) is 4.01. The van der Waals surface area contributed by atoms with E-state index in [1.165, 1.54) is 13.0 Å². The predicted octanol–water partition coefficient (Wildman–Crippen LogP) is 11.6. The summed E-state index contributed by atoms with van der Waals surface area (Å²) in [5.41, 5.74) is 6.92. The number of rotatable bonds is 18. The van der Waals surface area contributed by atoms with Crippen LogP contribution < -0.4 is 35.7 Å². The zero-order valence-electron chi connectivity index (χ0n) is 46.0. The van der Waals surface area contributed by atoms with E-state index in [1.54, 1.807) is 46.1 Å². The first-order valence-corrected chi connectivity index (χ1v) is 27.6. The molecule has 1 aliphatic rings. The molecule has 8 aromatic rings. The lowest BCUT2D eigenvalue weighted by molar-refractivity contribution is -0.106. The third-order valence-electron chi connectivity index (χ3n) is 13.4. The van der Waals surface area contributed by atoms with Crippen molar-refractivity contribution < 1.29 is 33.6 Å². The van der Waals surface area contributed by atoms with Gasteiger partial charge in [0, 0.05) is 55.9 Å². The number of benzene rings is 4. The molecule has 0 unspecified atom stereocenters. The van der Waals surface area contributed by atoms with Crippen LogP contribution in [0.2, 0.25) is 0 Å². The molecule has 0 saturated carbocycles. The van der Waals surface area contributed by atoms with Crippen LogP contribution in [0.1, 0.15) is 86.4 Å². The van der Waals surface area contributed by atoms with E-state index < -0.39 is 11.7 Å². The summed E-state index contributed by atoms with van der Waals surface area (Å²) in [6.07, 6.45) is 7.43. The van der Waals surface area contributed by atoms with Crippen LogP contribution in [0.4, 0.5) is 16.3 Å². The van der Waals surface area contributed by atoms with Gasteiger partial charge in [0.05, 0.1) is 16.7 Å². The Balaban J connectivity index is 0.000000401. The molecular formula is C62H71N7O9S. The Labute approximate surface area is 465 Å². The van der Waals surface area contributed by atoms with Gasteiger partial charge in [-0.15, -0.1) is 0 Å². The lowest BCUT2D eigenvalue weighted by Gasteiger charge is -2.42. The van der Waals surface area contributed by atoms with Gasteiger partial charge in [-0.25, -0.2) is 14.6 Å². The number of anilines is 2. The van der Waals surface area contributed by atoms with Crippen LogP contribution in [0.5, 0.6) is 17.6 Å². The summed E-state index contributed by atoms with van der Waals surface area (Å²) in [4.78, 5) is 60.6. The molecule has 16 nitrogen and oxygen atoms in total. The Kier molecular flexibility index (Phi) is 20.7. The number of nitrogens with one attached hydrogen (secondary N) is 2. The topological polar surface area (TPSA) is 192 Å². The molecule has 4 aromatic heterocycles. The van der Waals surface area contributed by atoms with Crippen molar-refractivity contribution >= 4 is 46.7 Å². The number of hydrogen-bond donors (Lipinski definition) is 3. The van der Waals surface area contributed by atoms with E-state index in [1.807, 2.05) is 149 Å². The molecule has 0 spiro atoms. The highest BCUT2D eigenvalue weighted by atomic mass is 32.2. The van der Waals surface area contributed by atoms with E-state index in [2.05, 4.69) is 32.5 Å². The molecule has 9 rings (SSSR count). The second-order valence-electron chi connectivity index (χ2n) is 20.2. The molecule has 1 amide bonds. The molecule has 5 heterocycles. The lowest BCUT2D eigenvalue weighted by Crippen LogP contribution is -2.42. The molecule has 1 aliphatic heterocycles. The van der Waals surface area contributed by atoms with Crippen molar-refractivity contribution in [3.05, 3.63) is 200 Å². The number of aryl methyl sites for hydroxylation is 2. The van der Waals surface area contributed by atoms with E-state index in [-0.39, 0.29) is 35.1 Å². The van der Waals surface area contributed by atoms with Gasteiger partial charge in [-0.05, 0) is 125 Å². The summed E-state index contributed by atoms with van der Waals surface area (Å²) in [6, 6.07) is 46.3. The van der Waals surface area contributed by atoms with Gasteiger partial charge in [0.25, 0.3) is 5.56 Å². The molecular weight excluding hydrogens is 1020 g/mol. The Morgan fingerprint density at radius 2 is 1.41 bits per heavy atom. The third-order valence-corrected chi connectivity index (χ3v) is 14.4. The summed E-state index contributed by atoms with van der Waals surface area (Å²) in [5, 5.41) is 13.7. The number of thioether (sulfide) groups is 1. The number of piperidine rings is 1. The molecule has 4 aromatic carbocycles. The van der Waals surface area contributed by atoms with E-state index >= 15 is 0 Å². The van der Waals surface area contributed by atoms with Gasteiger partial charge >= 0.3 is 11.8 Å². The number of carbonyl (C=O) groups excluding carboxylic acids is 2. The van der Waals surface area contributed by atoms with Gasteiger partial charge in [-0.1, -0.05) is 103 Å². The van der Waals surface area contributed by atoms with Gasteiger partial charge in [-0.2, -0.15) is 16.7 Å². The smallest absolute Gasteiger partial charge is 0.413 e. The molecule has 79 heavy (non-hydrogen) atoms. The molecule has 414 valence electrons. The summed E-state index contributed by atoms with van der Waals surface area (Å²) < 4.78 is 26.7. The van der Waals surface area contributed by atoms with Crippen LogP contribution >= 0.6 is 11.8 Å². The van der Waals surface area contributed by atoms with Gasteiger partial charge in [0.15, 0.2) is 5.88 Å². The number of carbonyl (C=O) groups is 2. The highest BCUT2D eigenvalue weighted by Gasteiger charge is 2.36. The van der Waals surface area contributed by atoms with E-state index in [0.717, 1.165) is 89.6 Å². The Morgan fingerprint density at radius 3 is 1.97 bits per heavy atom. The number of para-hydroxylation sites is 1. The maximum absolute atomic E-state index is 14.2. The van der Waals surface area contributed by atoms with Crippen LogP contribution in [0.25, 0.3) is 16.7 Å². The SMILES string of the molecule is CC=O.CS[C@@H](CCC1(CO)CCN(c2cccc3c2n(C)c(=O)n3-c2ccc(OCc3ccccc3)nc2OCc2ccccc2)CC1)c1ccc(NC(=O)OC(C)(C)C)nc1.Cc1ccc(=O)[nH]c1OCc1ccccc1. The number of imidazole rings is 1. The van der Waals surface area contributed by atoms with Crippen LogP contribution in [0, 0.1) is 12.3 Å². The number of ether oxygens (including phenoxy) is 4. The van der Waals surface area contributed by atoms with Gasteiger partial charge in [0.2, 0.25) is 11.8 Å². The minimum Gasteiger partial charge on any atom is -0.474 e. The standard InChI is InChI=1S/C47H54N6O6S.C13H13NO2.C2H4O/c1-46(2,3)59-44(55)49-40-21-19-35(29-48-40)39(60-5)23-24-47(32-54)25-27-52(28-26-47)36-17-12-18-37-42(36)51(4)45(56)53(37)38-20-22-41(57-30-33-13-8-6-9-14-33)50-43(38)58-31-34-15-10-7-11-16-34;1-10-7-8-12(15)14-13(10)16-9-11-5-3-2-4-6-11;1-2-3/h6-22,29,39,54H,23-28,30-32H2,1-5H3,(H,48,49,55);2-8H,9H2,1H3,(H,14,15);2H,1H3/t39-;;/m0../s1. The fourth-order valence-electron chi connectivity index (χ4n) is 9.16. The zero-order valence-corrected chi connectivity index (χ0v) is 46.8. The summed E-state index contributed by atoms with van der Waals surface area (Å²) >= 11 is 1.76. The number of aliphatic hydroxyl groups is 1. The van der Waals surface area contributed by atoms with E-state index in [9.17, 15) is 19.5 Å². The van der Waals surface area contributed by atoms with E-state index in [4.69, 9.17) is 28.7 Å². The Hall–Kier alpha value is -8.15. The summed E-state index contributed by atoms with van der Waals surface area (Å²) in [7, 11) is 1.81. The Morgan fingerprint density at radius 1 is 0.797 bits per heavy atom. The average molecular weight is 1090 g/mol. The fraction of sp³-hybridized carbons (Fsp3) is 0.323. The fourth-order valence-corrected chi connectivity index (χ4v) is 9.93. The van der Waals surface area contributed by atoms with Crippen LogP contribution in [0.3, 0.4) is 0 Å². The van der Waals surface area contributed by atoms with Crippen molar-refractivity contribution in [3.63, 3.8) is 0 Å². The number of aliphatic hydroxyl groups excluding tert-OH is 1. The first-order chi connectivity index (χ1) is 38.1. The molecule has 0 radical (unpaired) electrons. The second kappa shape index (κ2) is 27.9. The number of amides is 1. The van der Waals surface area contributed by atoms with Crippen molar-refractivity contribution in [3.8, 4) is 23.3 Å². The first kappa shape index (κ1) is 58.5. The normalized spacial score (nSPS) is 13.2. The number of fused-ring (bicyclic) bond motifs is 1. The van der Waals surface area contributed by atoms with Gasteiger partial charge in [0.1, 0.15) is 43.2 Å². The first-order valence-electron chi connectivity index (χ1n) is 26.3. The van der Waals surface area contributed by atoms with Crippen molar-refractivity contribution in [2.45, 2.75) is 91.0 Å². The maximum atomic E-state index is 14.2. The zero-order chi connectivity index (χ0) is 56.4. The van der Waals surface area contributed by atoms with Crippen molar-refractivity contribution in [1.82, 2.24) is 24.1 Å². The lowest BCUT2D eigenvalue weighted by atomic mass is 9.75. The highest BCUT2D eigenvalue weighted by molar-refractivity contribution is 7.98. The number of aromatic nitrogens is 5. The maximum Gasteiger partial charge on any atom is 0.413 e. The molecule has 17 heteroatoms. The molecule has 3 N–H and O–H groups in total. The largest absolute Gasteiger partial charge is 0.474 e. The minimum atomic E-state index is -0.598. The number of H-pyrrole nitrogens is 1. The highest BCUT2D eigenvalue weighted by Crippen LogP contribution is 2.43. The molecule has 1 atom stereocenters. The quantitative estimate of drug-likeness (QED) is 0.0688. The number of aldehydes is 1. The summed E-state index contributed by atoms with van der Waals surface area (Å²) in [6.45, 7) is 11.4. The molecule has 1 fully saturated rings. The third kappa shape index (κ3) is 16.2. The summed E-state index contributed by atoms with van der Waals surface area (Å²) in [5.74, 6) is 1.66. The van der Waals surface area contributed by atoms with Crippen molar-refractivity contribution in [1.29, 1.82) is 0 Å². The van der Waals surface area contributed by atoms with Gasteiger partial charge in [-0.3, -0.25) is 24.2 Å². The van der Waals surface area contributed by atoms with Crippen molar-refractivity contribution in [2.75, 3.05) is 36.2 Å². The van der Waals surface area contributed by atoms with Gasteiger partial charge < -0.3 is 33.7 Å². The number of nitrogens with zero attached hydrogens (tertiary/aromatic N) is 5. The van der Waals surface area contributed by atoms with Crippen LogP contribution in [-0.4, -0.2) is 73.1 Å². The second-order valence-corrected chi connectivity index (χ2v) is 21.2. The monoisotopic (exact) mass is 1090 g/mol. The molecule has 1 saturated heterocycles. The van der Waals surface area contributed by atoms with Crippen LogP contribution in [-0.2, 0) is 36.4 Å². The van der Waals surface area contributed by atoms with Crippen LogP contribution in [0.15, 0.2) is 161 Å². The predicted molar refractivity (Wildman–Crippen MR) is 313 cm³/mol. The van der Waals surface area contributed by atoms with Crippen molar-refractivity contribution in [2.24, 2.45) is 12.5 Å². The number of pyridine rings is 3. The molecule has 0 aliphatic carbocycles. The minimum absolute atomic E-state index is 0.0990. The molecule has 0 bridgehead atoms. The Bertz CT molecular complexity index is 3340. The van der Waals surface area contributed by atoms with E-state index in [0.29, 0.717) is 42.4 Å².